The SMILES string of the molecule is C[NH+](CC(=O)N[C@@H]1CCCc2ccccc21)Cc1ccco1. The number of carbonyl (C=O) groups is 1. The van der Waals surface area contributed by atoms with Crippen molar-refractivity contribution in [3.8, 4) is 0 Å². The second-order valence-corrected chi connectivity index (χ2v) is 6.10. The first-order valence-corrected chi connectivity index (χ1v) is 7.93. The third-order valence-corrected chi connectivity index (χ3v) is 4.22. The molecule has 0 saturated heterocycles. The van der Waals surface area contributed by atoms with Gasteiger partial charge in [-0.2, -0.15) is 0 Å². The molecule has 0 saturated carbocycles. The molecule has 0 spiro atoms. The Morgan fingerprint density at radius 2 is 2.18 bits per heavy atom. The third kappa shape index (κ3) is 3.57. The van der Waals surface area contributed by atoms with Crippen LogP contribution in [-0.2, 0) is 17.8 Å². The molecular formula is C18H23N2O2+. The normalized spacial score (nSPS) is 18.5. The predicted octanol–water partition coefficient (Wildman–Crippen LogP) is 1.49. The molecule has 22 heavy (non-hydrogen) atoms. The number of quaternary nitrogens is 1. The number of benzene rings is 1. The quantitative estimate of drug-likeness (QED) is 0.879. The Hall–Kier alpha value is -2.07. The van der Waals surface area contributed by atoms with Crippen LogP contribution in [0.15, 0.2) is 47.1 Å². The molecule has 1 heterocycles. The minimum absolute atomic E-state index is 0.103. The predicted molar refractivity (Wildman–Crippen MR) is 84.4 cm³/mol. The van der Waals surface area contributed by atoms with E-state index in [-0.39, 0.29) is 11.9 Å². The Morgan fingerprint density at radius 3 is 3.00 bits per heavy atom. The summed E-state index contributed by atoms with van der Waals surface area (Å²) < 4.78 is 5.33. The van der Waals surface area contributed by atoms with Crippen molar-refractivity contribution in [2.45, 2.75) is 31.8 Å². The van der Waals surface area contributed by atoms with Crippen LogP contribution in [0, 0.1) is 0 Å². The van der Waals surface area contributed by atoms with Gasteiger partial charge in [-0.25, -0.2) is 0 Å². The lowest BCUT2D eigenvalue weighted by molar-refractivity contribution is -0.886. The molecule has 0 bridgehead atoms. The first kappa shape index (κ1) is 14.9. The molecule has 0 radical (unpaired) electrons. The number of amides is 1. The fourth-order valence-electron chi connectivity index (χ4n) is 3.20. The number of furan rings is 1. The summed E-state index contributed by atoms with van der Waals surface area (Å²) in [7, 11) is 2.01. The van der Waals surface area contributed by atoms with E-state index in [0.717, 1.165) is 36.5 Å². The van der Waals surface area contributed by atoms with Crippen LogP contribution in [0.2, 0.25) is 0 Å². The van der Waals surface area contributed by atoms with Gasteiger partial charge in [0, 0.05) is 0 Å². The Kier molecular flexibility index (Phi) is 4.59. The van der Waals surface area contributed by atoms with E-state index in [4.69, 9.17) is 4.42 Å². The fraction of sp³-hybridized carbons (Fsp3) is 0.389. The molecule has 1 aliphatic rings. The van der Waals surface area contributed by atoms with Crippen molar-refractivity contribution >= 4 is 5.91 Å². The summed E-state index contributed by atoms with van der Waals surface area (Å²) in [5.41, 5.74) is 2.65. The Balaban J connectivity index is 1.56. The number of fused-ring (bicyclic) bond motifs is 1. The first-order chi connectivity index (χ1) is 10.7. The van der Waals surface area contributed by atoms with Crippen molar-refractivity contribution in [3.63, 3.8) is 0 Å². The van der Waals surface area contributed by atoms with Crippen molar-refractivity contribution in [2.75, 3.05) is 13.6 Å². The van der Waals surface area contributed by atoms with E-state index in [0.29, 0.717) is 6.54 Å². The number of nitrogens with one attached hydrogen (secondary N) is 2. The average molecular weight is 299 g/mol. The summed E-state index contributed by atoms with van der Waals surface area (Å²) in [5, 5.41) is 3.20. The second-order valence-electron chi connectivity index (χ2n) is 6.10. The summed E-state index contributed by atoms with van der Waals surface area (Å²) >= 11 is 0. The van der Waals surface area contributed by atoms with E-state index in [2.05, 4.69) is 29.6 Å². The summed E-state index contributed by atoms with van der Waals surface area (Å²) in [5.74, 6) is 1.01. The summed E-state index contributed by atoms with van der Waals surface area (Å²) in [6.45, 7) is 1.18. The van der Waals surface area contributed by atoms with Gasteiger partial charge in [0.1, 0.15) is 6.54 Å². The van der Waals surface area contributed by atoms with Gasteiger partial charge >= 0.3 is 0 Å². The molecule has 1 amide bonds. The van der Waals surface area contributed by atoms with Crippen LogP contribution in [0.25, 0.3) is 0 Å². The molecule has 1 aromatic heterocycles. The monoisotopic (exact) mass is 299 g/mol. The van der Waals surface area contributed by atoms with Crippen LogP contribution in [0.5, 0.6) is 0 Å². The molecule has 116 valence electrons. The van der Waals surface area contributed by atoms with E-state index in [1.165, 1.54) is 11.1 Å². The van der Waals surface area contributed by atoms with Crippen LogP contribution < -0.4 is 10.2 Å². The standard InChI is InChI=1S/C18H22N2O2/c1-20(12-15-8-5-11-22-15)13-18(21)19-17-10-4-7-14-6-2-3-9-16(14)17/h2-3,5-6,8-9,11,17H,4,7,10,12-13H2,1H3,(H,19,21)/p+1/t17-/m1/s1. The lowest BCUT2D eigenvalue weighted by Gasteiger charge is -2.26. The maximum Gasteiger partial charge on any atom is 0.275 e. The first-order valence-electron chi connectivity index (χ1n) is 7.93. The van der Waals surface area contributed by atoms with Crippen LogP contribution in [0.3, 0.4) is 0 Å². The minimum atomic E-state index is 0.103. The highest BCUT2D eigenvalue weighted by atomic mass is 16.3. The smallest absolute Gasteiger partial charge is 0.275 e. The molecule has 4 nitrogen and oxygen atoms in total. The topological polar surface area (TPSA) is 46.7 Å². The van der Waals surface area contributed by atoms with Gasteiger partial charge in [0.25, 0.3) is 5.91 Å². The van der Waals surface area contributed by atoms with E-state index >= 15 is 0 Å². The third-order valence-electron chi connectivity index (χ3n) is 4.22. The van der Waals surface area contributed by atoms with Crippen LogP contribution >= 0.6 is 0 Å². The average Bonchev–Trinajstić information content (AvgIpc) is 3.00. The number of aryl methyl sites for hydroxylation is 1. The fourth-order valence-corrected chi connectivity index (χ4v) is 3.20. The van der Waals surface area contributed by atoms with Crippen molar-refractivity contribution in [3.05, 3.63) is 59.5 Å². The lowest BCUT2D eigenvalue weighted by Crippen LogP contribution is -3.08. The van der Waals surface area contributed by atoms with E-state index in [1.807, 2.05) is 19.2 Å². The molecular weight excluding hydrogens is 276 g/mol. The summed E-state index contributed by atoms with van der Waals surface area (Å²) in [6.07, 6.45) is 4.95. The second kappa shape index (κ2) is 6.79. The van der Waals surface area contributed by atoms with Gasteiger partial charge in [-0.3, -0.25) is 4.79 Å². The van der Waals surface area contributed by atoms with Gasteiger partial charge in [-0.1, -0.05) is 24.3 Å². The zero-order chi connectivity index (χ0) is 15.4. The van der Waals surface area contributed by atoms with E-state index in [9.17, 15) is 4.79 Å². The number of rotatable bonds is 5. The minimum Gasteiger partial charge on any atom is -0.463 e. The van der Waals surface area contributed by atoms with Gasteiger partial charge < -0.3 is 14.6 Å². The highest BCUT2D eigenvalue weighted by molar-refractivity contribution is 5.77. The van der Waals surface area contributed by atoms with Crippen LogP contribution in [0.1, 0.15) is 35.8 Å². The van der Waals surface area contributed by atoms with Crippen molar-refractivity contribution in [2.24, 2.45) is 0 Å². The van der Waals surface area contributed by atoms with Gasteiger partial charge in [-0.05, 0) is 42.5 Å². The highest BCUT2D eigenvalue weighted by Gasteiger charge is 2.22. The molecule has 2 atom stereocenters. The van der Waals surface area contributed by atoms with Crippen molar-refractivity contribution in [1.82, 2.24) is 5.32 Å². The molecule has 3 rings (SSSR count). The van der Waals surface area contributed by atoms with Gasteiger partial charge in [0.2, 0.25) is 0 Å². The number of carbonyl (C=O) groups excluding carboxylic acids is 1. The van der Waals surface area contributed by atoms with Crippen molar-refractivity contribution in [1.29, 1.82) is 0 Å². The number of hydrogen-bond donors (Lipinski definition) is 2. The van der Waals surface area contributed by atoms with E-state index in [1.54, 1.807) is 6.26 Å². The van der Waals surface area contributed by atoms with Gasteiger partial charge in [0.15, 0.2) is 12.3 Å². The molecule has 2 aromatic rings. The number of likely N-dealkylation sites (N-methyl/N-ethyl adjacent to an activating group) is 1. The van der Waals surface area contributed by atoms with Gasteiger partial charge in [-0.15, -0.1) is 0 Å². The largest absolute Gasteiger partial charge is 0.463 e. The van der Waals surface area contributed by atoms with Gasteiger partial charge in [0.05, 0.1) is 19.4 Å². The molecule has 1 aliphatic carbocycles. The Bertz CT molecular complexity index is 622. The maximum absolute atomic E-state index is 12.3. The number of hydrogen-bond acceptors (Lipinski definition) is 2. The highest BCUT2D eigenvalue weighted by Crippen LogP contribution is 2.29. The van der Waals surface area contributed by atoms with Crippen LogP contribution in [-0.4, -0.2) is 19.5 Å². The zero-order valence-corrected chi connectivity index (χ0v) is 13.0. The Morgan fingerprint density at radius 1 is 1.32 bits per heavy atom. The zero-order valence-electron chi connectivity index (χ0n) is 13.0. The summed E-state index contributed by atoms with van der Waals surface area (Å²) in [4.78, 5) is 13.4. The van der Waals surface area contributed by atoms with E-state index < -0.39 is 0 Å². The molecule has 1 aromatic carbocycles. The molecule has 4 heteroatoms. The van der Waals surface area contributed by atoms with Crippen LogP contribution in [0.4, 0.5) is 0 Å². The summed E-state index contributed by atoms with van der Waals surface area (Å²) in [6, 6.07) is 12.4. The lowest BCUT2D eigenvalue weighted by atomic mass is 9.88. The maximum atomic E-state index is 12.3. The molecule has 0 fully saturated rings. The molecule has 0 aliphatic heterocycles. The molecule has 2 N–H and O–H groups in total. The van der Waals surface area contributed by atoms with Crippen molar-refractivity contribution < 1.29 is 14.1 Å². The Labute approximate surface area is 131 Å². The molecule has 1 unspecified atom stereocenters.